The Balaban J connectivity index is 2.59. The van der Waals surface area contributed by atoms with Gasteiger partial charge < -0.3 is 19.2 Å². The molecule has 0 unspecified atom stereocenters. The number of hydrogen-bond donors (Lipinski definition) is 2. The largest absolute Gasteiger partial charge is 0.496 e. The molecule has 0 aliphatic carbocycles. The minimum Gasteiger partial charge on any atom is -0.496 e. The first-order chi connectivity index (χ1) is 11.9. The second-order valence-corrected chi connectivity index (χ2v) is 4.71. The Morgan fingerprint density at radius 1 is 0.960 bits per heavy atom. The highest BCUT2D eigenvalue weighted by molar-refractivity contribution is 5.75. The van der Waals surface area contributed by atoms with Gasteiger partial charge in [-0.2, -0.15) is 0 Å². The summed E-state index contributed by atoms with van der Waals surface area (Å²) < 4.78 is 15.6. The molecule has 0 saturated carbocycles. The van der Waals surface area contributed by atoms with Gasteiger partial charge in [-0.25, -0.2) is 4.79 Å². The summed E-state index contributed by atoms with van der Waals surface area (Å²) >= 11 is 0. The Morgan fingerprint density at radius 3 is 2.12 bits per heavy atom. The van der Waals surface area contributed by atoms with Crippen molar-refractivity contribution in [3.8, 4) is 17.2 Å². The maximum atomic E-state index is 11.6. The van der Waals surface area contributed by atoms with E-state index in [0.717, 1.165) is 0 Å². The number of aromatic nitrogens is 2. The van der Waals surface area contributed by atoms with Crippen LogP contribution in [0.2, 0.25) is 0 Å². The smallest absolute Gasteiger partial charge is 0.357 e. The van der Waals surface area contributed by atoms with Crippen LogP contribution in [0, 0.1) is 10.1 Å². The molecule has 0 radical (unpaired) electrons. The van der Waals surface area contributed by atoms with Crippen LogP contribution in [0.15, 0.2) is 21.7 Å². The minimum absolute atomic E-state index is 0.240. The van der Waals surface area contributed by atoms with Crippen molar-refractivity contribution < 1.29 is 19.1 Å². The van der Waals surface area contributed by atoms with E-state index in [9.17, 15) is 19.7 Å². The minimum atomic E-state index is -1.09. The average molecular weight is 349 g/mol. The van der Waals surface area contributed by atoms with Gasteiger partial charge in [-0.15, -0.1) is 0 Å². The summed E-state index contributed by atoms with van der Waals surface area (Å²) in [4.78, 5) is 37.2. The fourth-order valence-corrected chi connectivity index (χ4v) is 2.16. The maximum Gasteiger partial charge on any atom is 0.357 e. The molecule has 1 aromatic carbocycles. The van der Waals surface area contributed by atoms with Crippen molar-refractivity contribution in [1.29, 1.82) is 0 Å². The molecule has 0 spiro atoms. The van der Waals surface area contributed by atoms with Crippen molar-refractivity contribution in [2.75, 3.05) is 21.3 Å². The van der Waals surface area contributed by atoms with Crippen LogP contribution in [0.3, 0.4) is 0 Å². The lowest BCUT2D eigenvalue weighted by Gasteiger charge is -2.12. The van der Waals surface area contributed by atoms with Crippen LogP contribution in [0.1, 0.15) is 11.3 Å². The van der Waals surface area contributed by atoms with Gasteiger partial charge in [-0.3, -0.25) is 19.9 Å². The molecule has 10 nitrogen and oxygen atoms in total. The molecular formula is C15H15N3O7. The third-order valence-electron chi connectivity index (χ3n) is 3.29. The van der Waals surface area contributed by atoms with Crippen LogP contribution in [-0.2, 0) is 0 Å². The van der Waals surface area contributed by atoms with E-state index < -0.39 is 21.9 Å². The van der Waals surface area contributed by atoms with Gasteiger partial charge in [0.1, 0.15) is 11.4 Å². The molecule has 0 aliphatic rings. The van der Waals surface area contributed by atoms with Crippen molar-refractivity contribution >= 4 is 17.8 Å². The molecular weight excluding hydrogens is 334 g/mol. The van der Waals surface area contributed by atoms with Crippen LogP contribution >= 0.6 is 0 Å². The molecule has 1 aromatic heterocycles. The van der Waals surface area contributed by atoms with Gasteiger partial charge in [-0.1, -0.05) is 0 Å². The molecule has 2 N–H and O–H groups in total. The SMILES string of the molecule is COc1cc(OC)c(OC)cc1/C=C\c1[nH]c(=O)[nH]c(=O)c1[N+](=O)[O-]. The van der Waals surface area contributed by atoms with Gasteiger partial charge in [0.25, 0.3) is 0 Å². The summed E-state index contributed by atoms with van der Waals surface area (Å²) in [6, 6.07) is 3.17. The number of methoxy groups -OCH3 is 3. The van der Waals surface area contributed by atoms with Gasteiger partial charge in [0.2, 0.25) is 0 Å². The van der Waals surface area contributed by atoms with E-state index >= 15 is 0 Å². The zero-order chi connectivity index (χ0) is 18.6. The van der Waals surface area contributed by atoms with Gasteiger partial charge in [0.15, 0.2) is 11.5 Å². The van der Waals surface area contributed by atoms with Crippen LogP contribution in [0.5, 0.6) is 17.2 Å². The first kappa shape index (κ1) is 17.8. The van der Waals surface area contributed by atoms with E-state index in [1.807, 2.05) is 4.98 Å². The molecule has 2 rings (SSSR count). The molecule has 10 heteroatoms. The molecule has 0 fully saturated rings. The highest BCUT2D eigenvalue weighted by atomic mass is 16.6. The highest BCUT2D eigenvalue weighted by Crippen LogP contribution is 2.35. The van der Waals surface area contributed by atoms with E-state index in [0.29, 0.717) is 22.8 Å². The van der Waals surface area contributed by atoms with E-state index in [4.69, 9.17) is 14.2 Å². The number of H-pyrrole nitrogens is 2. The number of nitro groups is 1. The summed E-state index contributed by atoms with van der Waals surface area (Å²) in [5.74, 6) is 1.26. The van der Waals surface area contributed by atoms with Gasteiger partial charge in [-0.05, 0) is 18.2 Å². The first-order valence-corrected chi connectivity index (χ1v) is 6.90. The average Bonchev–Trinajstić information content (AvgIpc) is 2.57. The van der Waals surface area contributed by atoms with Crippen molar-refractivity contribution in [2.24, 2.45) is 0 Å². The number of nitrogens with zero attached hydrogens (tertiary/aromatic N) is 1. The van der Waals surface area contributed by atoms with E-state index in [-0.39, 0.29) is 5.69 Å². The molecule has 1 heterocycles. The number of rotatable bonds is 6. The number of benzene rings is 1. The Hall–Kier alpha value is -3.56. The Morgan fingerprint density at radius 2 is 1.56 bits per heavy atom. The number of ether oxygens (including phenoxy) is 3. The van der Waals surface area contributed by atoms with E-state index in [1.165, 1.54) is 33.5 Å². The molecule has 132 valence electrons. The fourth-order valence-electron chi connectivity index (χ4n) is 2.16. The lowest BCUT2D eigenvalue weighted by Crippen LogP contribution is -2.25. The predicted octanol–water partition coefficient (Wildman–Crippen LogP) is 1.17. The Kier molecular flexibility index (Phi) is 5.22. The normalized spacial score (nSPS) is 10.7. The fraction of sp³-hybridized carbons (Fsp3) is 0.200. The third kappa shape index (κ3) is 3.68. The lowest BCUT2D eigenvalue weighted by molar-refractivity contribution is -0.386. The summed E-state index contributed by atoms with van der Waals surface area (Å²) in [6.07, 6.45) is 2.68. The van der Waals surface area contributed by atoms with Crippen molar-refractivity contribution in [1.82, 2.24) is 9.97 Å². The molecule has 25 heavy (non-hydrogen) atoms. The quantitative estimate of drug-likeness (QED) is 0.590. The number of nitrogens with one attached hydrogen (secondary N) is 2. The third-order valence-corrected chi connectivity index (χ3v) is 3.29. The van der Waals surface area contributed by atoms with Crippen molar-refractivity contribution in [3.63, 3.8) is 0 Å². The zero-order valence-electron chi connectivity index (χ0n) is 13.6. The molecule has 2 aromatic rings. The summed E-state index contributed by atoms with van der Waals surface area (Å²) in [7, 11) is 4.37. The maximum absolute atomic E-state index is 11.6. The van der Waals surface area contributed by atoms with Crippen LogP contribution in [0.4, 0.5) is 5.69 Å². The van der Waals surface area contributed by atoms with Gasteiger partial charge >= 0.3 is 16.9 Å². The Labute approximate surface area is 140 Å². The summed E-state index contributed by atoms with van der Waals surface area (Å²) in [6.45, 7) is 0. The van der Waals surface area contributed by atoms with E-state index in [2.05, 4.69) is 4.98 Å². The van der Waals surface area contributed by atoms with Crippen LogP contribution < -0.4 is 25.5 Å². The first-order valence-electron chi connectivity index (χ1n) is 6.90. The molecule has 0 bridgehead atoms. The second kappa shape index (κ2) is 7.34. The van der Waals surface area contributed by atoms with E-state index in [1.54, 1.807) is 12.1 Å². The topological polar surface area (TPSA) is 137 Å². The number of hydrogen-bond acceptors (Lipinski definition) is 7. The van der Waals surface area contributed by atoms with Crippen molar-refractivity contribution in [2.45, 2.75) is 0 Å². The van der Waals surface area contributed by atoms with Crippen LogP contribution in [0.25, 0.3) is 12.2 Å². The van der Waals surface area contributed by atoms with Crippen molar-refractivity contribution in [3.05, 3.63) is 54.3 Å². The Bertz CT molecular complexity index is 943. The second-order valence-electron chi connectivity index (χ2n) is 4.71. The monoisotopic (exact) mass is 349 g/mol. The zero-order valence-corrected chi connectivity index (χ0v) is 13.6. The molecule has 0 atom stereocenters. The molecule has 0 saturated heterocycles. The standard InChI is InChI=1S/C15H15N3O7/c1-23-10-7-12(25-3)11(24-2)6-8(10)4-5-9-13(18(21)22)14(19)17-15(20)16-9/h4-7H,1-3H3,(H2,16,17,19,20)/b5-4-. The predicted molar refractivity (Wildman–Crippen MR) is 89.4 cm³/mol. The summed E-state index contributed by atoms with van der Waals surface area (Å²) in [5, 5.41) is 11.0. The summed E-state index contributed by atoms with van der Waals surface area (Å²) in [5.41, 5.74) is -2.45. The highest BCUT2D eigenvalue weighted by Gasteiger charge is 2.19. The number of aromatic amines is 2. The lowest BCUT2D eigenvalue weighted by atomic mass is 10.1. The van der Waals surface area contributed by atoms with Gasteiger partial charge in [0, 0.05) is 11.6 Å². The molecule has 0 amide bonds. The molecule has 0 aliphatic heterocycles. The van der Waals surface area contributed by atoms with Gasteiger partial charge in [0.05, 0.1) is 26.3 Å². The van der Waals surface area contributed by atoms with Crippen LogP contribution in [-0.4, -0.2) is 36.2 Å².